The van der Waals surface area contributed by atoms with E-state index in [1.54, 1.807) is 4.68 Å². The third-order valence-corrected chi connectivity index (χ3v) is 3.57. The number of nitrogens with one attached hydrogen (secondary N) is 1. The fourth-order valence-electron chi connectivity index (χ4n) is 2.00. The van der Waals surface area contributed by atoms with Gasteiger partial charge in [0.1, 0.15) is 5.15 Å². The van der Waals surface area contributed by atoms with Gasteiger partial charge in [0.05, 0.1) is 11.8 Å². The lowest BCUT2D eigenvalue weighted by Gasteiger charge is -2.12. The SMILES string of the molecule is Cc1nn(C)c(Cl)c1CNCC(O)c1ccccc1. The predicted molar refractivity (Wildman–Crippen MR) is 76.1 cm³/mol. The largest absolute Gasteiger partial charge is 0.387 e. The smallest absolute Gasteiger partial charge is 0.131 e. The monoisotopic (exact) mass is 279 g/mol. The van der Waals surface area contributed by atoms with Gasteiger partial charge in [0, 0.05) is 25.7 Å². The molecule has 1 heterocycles. The third-order valence-electron chi connectivity index (χ3n) is 3.09. The molecule has 1 unspecified atom stereocenters. The number of rotatable bonds is 5. The number of hydrogen-bond acceptors (Lipinski definition) is 3. The van der Waals surface area contributed by atoms with Gasteiger partial charge < -0.3 is 10.4 Å². The van der Waals surface area contributed by atoms with Crippen LogP contribution in [0.1, 0.15) is 22.9 Å². The van der Waals surface area contributed by atoms with E-state index in [4.69, 9.17) is 11.6 Å². The quantitative estimate of drug-likeness (QED) is 0.882. The predicted octanol–water partition coefficient (Wildman–Crippen LogP) is 2.21. The number of benzene rings is 1. The van der Waals surface area contributed by atoms with E-state index in [0.717, 1.165) is 16.8 Å². The Labute approximate surface area is 118 Å². The van der Waals surface area contributed by atoms with Crippen LogP contribution in [0.5, 0.6) is 0 Å². The molecule has 2 N–H and O–H groups in total. The molecule has 0 aliphatic rings. The molecule has 0 radical (unpaired) electrons. The highest BCUT2D eigenvalue weighted by molar-refractivity contribution is 6.30. The summed E-state index contributed by atoms with van der Waals surface area (Å²) in [4.78, 5) is 0. The molecule has 0 aliphatic heterocycles. The number of aliphatic hydroxyl groups is 1. The van der Waals surface area contributed by atoms with Crippen LogP contribution >= 0.6 is 11.6 Å². The zero-order chi connectivity index (χ0) is 13.8. The summed E-state index contributed by atoms with van der Waals surface area (Å²) in [5, 5.41) is 18.1. The normalized spacial score (nSPS) is 12.6. The topological polar surface area (TPSA) is 50.1 Å². The molecule has 1 aromatic heterocycles. The molecular formula is C14H18ClN3O. The first kappa shape index (κ1) is 14.1. The average Bonchev–Trinajstić information content (AvgIpc) is 2.66. The van der Waals surface area contributed by atoms with Gasteiger partial charge in [-0.05, 0) is 12.5 Å². The van der Waals surface area contributed by atoms with Crippen molar-refractivity contribution in [1.82, 2.24) is 15.1 Å². The number of aromatic nitrogens is 2. The van der Waals surface area contributed by atoms with E-state index in [2.05, 4.69) is 10.4 Å². The lowest BCUT2D eigenvalue weighted by atomic mass is 10.1. The summed E-state index contributed by atoms with van der Waals surface area (Å²) in [7, 11) is 1.82. The van der Waals surface area contributed by atoms with Crippen molar-refractivity contribution in [2.24, 2.45) is 7.05 Å². The third kappa shape index (κ3) is 3.35. The zero-order valence-corrected chi connectivity index (χ0v) is 11.9. The van der Waals surface area contributed by atoms with Crippen LogP contribution < -0.4 is 5.32 Å². The average molecular weight is 280 g/mol. The molecule has 19 heavy (non-hydrogen) atoms. The molecule has 0 bridgehead atoms. The highest BCUT2D eigenvalue weighted by atomic mass is 35.5. The molecular weight excluding hydrogens is 262 g/mol. The summed E-state index contributed by atoms with van der Waals surface area (Å²) >= 11 is 6.14. The molecule has 1 aromatic carbocycles. The maximum Gasteiger partial charge on any atom is 0.131 e. The Morgan fingerprint density at radius 1 is 1.37 bits per heavy atom. The Bertz CT molecular complexity index is 539. The fraction of sp³-hybridized carbons (Fsp3) is 0.357. The molecule has 0 amide bonds. The summed E-state index contributed by atoms with van der Waals surface area (Å²) in [6, 6.07) is 9.59. The lowest BCUT2D eigenvalue weighted by Crippen LogP contribution is -2.21. The van der Waals surface area contributed by atoms with Gasteiger partial charge in [-0.3, -0.25) is 4.68 Å². The zero-order valence-electron chi connectivity index (χ0n) is 11.1. The van der Waals surface area contributed by atoms with Crippen LogP contribution in [0.2, 0.25) is 5.15 Å². The molecule has 0 aliphatic carbocycles. The maximum atomic E-state index is 10.0. The van der Waals surface area contributed by atoms with Gasteiger partial charge in [-0.1, -0.05) is 41.9 Å². The number of halogens is 1. The van der Waals surface area contributed by atoms with E-state index in [0.29, 0.717) is 18.2 Å². The first-order valence-electron chi connectivity index (χ1n) is 6.21. The molecule has 5 heteroatoms. The maximum absolute atomic E-state index is 10.0. The molecule has 0 fully saturated rings. The number of hydrogen-bond donors (Lipinski definition) is 2. The van der Waals surface area contributed by atoms with Crippen molar-refractivity contribution in [3.63, 3.8) is 0 Å². The van der Waals surface area contributed by atoms with Gasteiger partial charge in [0.2, 0.25) is 0 Å². The van der Waals surface area contributed by atoms with Crippen LogP contribution in [0.25, 0.3) is 0 Å². The molecule has 4 nitrogen and oxygen atoms in total. The molecule has 0 spiro atoms. The summed E-state index contributed by atoms with van der Waals surface area (Å²) in [5.41, 5.74) is 2.79. The van der Waals surface area contributed by atoms with Crippen molar-refractivity contribution in [2.75, 3.05) is 6.54 Å². The van der Waals surface area contributed by atoms with Crippen molar-refractivity contribution in [3.8, 4) is 0 Å². The van der Waals surface area contributed by atoms with Gasteiger partial charge in [-0.25, -0.2) is 0 Å². The Morgan fingerprint density at radius 3 is 2.63 bits per heavy atom. The first-order chi connectivity index (χ1) is 9.09. The van der Waals surface area contributed by atoms with Gasteiger partial charge >= 0.3 is 0 Å². The number of nitrogens with zero attached hydrogens (tertiary/aromatic N) is 2. The Balaban J connectivity index is 1.90. The van der Waals surface area contributed by atoms with Crippen molar-refractivity contribution in [1.29, 1.82) is 0 Å². The van der Waals surface area contributed by atoms with Crippen molar-refractivity contribution in [2.45, 2.75) is 19.6 Å². The molecule has 102 valence electrons. The van der Waals surface area contributed by atoms with Gasteiger partial charge in [0.25, 0.3) is 0 Å². The van der Waals surface area contributed by atoms with Crippen molar-refractivity contribution >= 4 is 11.6 Å². The van der Waals surface area contributed by atoms with Gasteiger partial charge in [0.15, 0.2) is 0 Å². The van der Waals surface area contributed by atoms with Gasteiger partial charge in [-0.2, -0.15) is 5.10 Å². The van der Waals surface area contributed by atoms with Crippen LogP contribution in [0.4, 0.5) is 0 Å². The minimum absolute atomic E-state index is 0.481. The first-order valence-corrected chi connectivity index (χ1v) is 6.59. The van der Waals surface area contributed by atoms with Gasteiger partial charge in [-0.15, -0.1) is 0 Å². The second kappa shape index (κ2) is 6.19. The number of aryl methyl sites for hydroxylation is 2. The molecule has 0 saturated carbocycles. The minimum atomic E-state index is -0.517. The van der Waals surface area contributed by atoms with E-state index in [1.165, 1.54) is 0 Å². The summed E-state index contributed by atoms with van der Waals surface area (Å²) < 4.78 is 1.65. The van der Waals surface area contributed by atoms with E-state index in [-0.39, 0.29) is 0 Å². The number of aliphatic hydroxyl groups excluding tert-OH is 1. The van der Waals surface area contributed by atoms with E-state index in [1.807, 2.05) is 44.3 Å². The lowest BCUT2D eigenvalue weighted by molar-refractivity contribution is 0.174. The Morgan fingerprint density at radius 2 is 2.05 bits per heavy atom. The standard InChI is InChI=1S/C14H18ClN3O/c1-10-12(14(15)18(2)17-10)8-16-9-13(19)11-6-4-3-5-7-11/h3-7,13,16,19H,8-9H2,1-2H3. The van der Waals surface area contributed by atoms with E-state index in [9.17, 15) is 5.11 Å². The molecule has 1 atom stereocenters. The summed E-state index contributed by atoms with van der Waals surface area (Å²) in [6.07, 6.45) is -0.517. The van der Waals surface area contributed by atoms with Crippen LogP contribution in [-0.4, -0.2) is 21.4 Å². The van der Waals surface area contributed by atoms with Crippen molar-refractivity contribution in [3.05, 3.63) is 52.3 Å². The summed E-state index contributed by atoms with van der Waals surface area (Å²) in [6.45, 7) is 3.01. The van der Waals surface area contributed by atoms with E-state index >= 15 is 0 Å². The molecule has 0 saturated heterocycles. The molecule has 2 aromatic rings. The van der Waals surface area contributed by atoms with Crippen molar-refractivity contribution < 1.29 is 5.11 Å². The van der Waals surface area contributed by atoms with Crippen LogP contribution in [-0.2, 0) is 13.6 Å². The Hall–Kier alpha value is -1.36. The van der Waals surface area contributed by atoms with Crippen LogP contribution in [0.15, 0.2) is 30.3 Å². The summed E-state index contributed by atoms with van der Waals surface area (Å²) in [5.74, 6) is 0. The second-order valence-electron chi connectivity index (χ2n) is 4.54. The van der Waals surface area contributed by atoms with Crippen LogP contribution in [0.3, 0.4) is 0 Å². The highest BCUT2D eigenvalue weighted by Gasteiger charge is 2.12. The van der Waals surface area contributed by atoms with E-state index < -0.39 is 6.10 Å². The fourth-order valence-corrected chi connectivity index (χ4v) is 2.24. The minimum Gasteiger partial charge on any atom is -0.387 e. The molecule has 2 rings (SSSR count). The second-order valence-corrected chi connectivity index (χ2v) is 4.89. The Kier molecular flexibility index (Phi) is 4.58. The highest BCUT2D eigenvalue weighted by Crippen LogP contribution is 2.18. The van der Waals surface area contributed by atoms with Crippen LogP contribution in [0, 0.1) is 6.92 Å².